The number of carboxylic acid groups (broad SMARTS) is 1. The van der Waals surface area contributed by atoms with E-state index in [2.05, 4.69) is 0 Å². The third-order valence-electron chi connectivity index (χ3n) is 4.08. The van der Waals surface area contributed by atoms with E-state index in [4.69, 9.17) is 9.84 Å². The minimum atomic E-state index is -2.80. The van der Waals surface area contributed by atoms with Gasteiger partial charge in [-0.3, -0.25) is 4.79 Å². The SMILES string of the molecule is O=C(O)[C@@H]1CCCN1C(=O)CC(OCCc1ccccc1)C(F)F. The van der Waals surface area contributed by atoms with Crippen molar-refractivity contribution in [2.75, 3.05) is 13.2 Å². The van der Waals surface area contributed by atoms with Gasteiger partial charge in [0.25, 0.3) is 6.43 Å². The summed E-state index contributed by atoms with van der Waals surface area (Å²) in [5.41, 5.74) is 0.960. The van der Waals surface area contributed by atoms with Crippen LogP contribution < -0.4 is 0 Å². The molecule has 132 valence electrons. The van der Waals surface area contributed by atoms with Crippen LogP contribution in [0.15, 0.2) is 30.3 Å². The molecular formula is C17H21F2NO4. The number of carboxylic acids is 1. The molecule has 2 rings (SSSR count). The fraction of sp³-hybridized carbons (Fsp3) is 0.529. The lowest BCUT2D eigenvalue weighted by atomic mass is 10.1. The second-order valence-electron chi connectivity index (χ2n) is 5.77. The minimum Gasteiger partial charge on any atom is -0.480 e. The Hall–Kier alpha value is -2.02. The van der Waals surface area contributed by atoms with E-state index in [-0.39, 0.29) is 13.2 Å². The summed E-state index contributed by atoms with van der Waals surface area (Å²) in [7, 11) is 0. The Balaban J connectivity index is 1.86. The average molecular weight is 341 g/mol. The van der Waals surface area contributed by atoms with Gasteiger partial charge in [-0.15, -0.1) is 0 Å². The lowest BCUT2D eigenvalue weighted by molar-refractivity contribution is -0.150. The predicted molar refractivity (Wildman–Crippen MR) is 82.9 cm³/mol. The number of nitrogens with zero attached hydrogens (tertiary/aromatic N) is 1. The van der Waals surface area contributed by atoms with Crippen molar-refractivity contribution < 1.29 is 28.2 Å². The first-order valence-electron chi connectivity index (χ1n) is 7.95. The fourth-order valence-corrected chi connectivity index (χ4v) is 2.80. The quantitative estimate of drug-likeness (QED) is 0.788. The maximum absolute atomic E-state index is 13.1. The normalized spacial score (nSPS) is 18.8. The van der Waals surface area contributed by atoms with Crippen molar-refractivity contribution in [2.24, 2.45) is 0 Å². The topological polar surface area (TPSA) is 66.8 Å². The van der Waals surface area contributed by atoms with Crippen molar-refractivity contribution in [3.63, 3.8) is 0 Å². The molecule has 1 aromatic rings. The maximum Gasteiger partial charge on any atom is 0.326 e. The molecule has 1 fully saturated rings. The largest absolute Gasteiger partial charge is 0.480 e. The average Bonchev–Trinajstić information content (AvgIpc) is 3.04. The standard InChI is InChI=1S/C17H21F2NO4/c18-16(19)14(24-10-8-12-5-2-1-3-6-12)11-15(21)20-9-4-7-13(20)17(22)23/h1-3,5-6,13-14,16H,4,7-11H2,(H,22,23)/t13-,14?/m0/s1. The molecule has 24 heavy (non-hydrogen) atoms. The number of hydrogen-bond donors (Lipinski definition) is 1. The second-order valence-corrected chi connectivity index (χ2v) is 5.77. The molecule has 1 unspecified atom stereocenters. The number of amides is 1. The van der Waals surface area contributed by atoms with Gasteiger partial charge in [-0.25, -0.2) is 13.6 Å². The molecule has 5 nitrogen and oxygen atoms in total. The van der Waals surface area contributed by atoms with Crippen molar-refractivity contribution in [3.05, 3.63) is 35.9 Å². The first-order chi connectivity index (χ1) is 11.5. The van der Waals surface area contributed by atoms with Gasteiger partial charge in [0.15, 0.2) is 0 Å². The molecule has 2 atom stereocenters. The highest BCUT2D eigenvalue weighted by Crippen LogP contribution is 2.21. The Bertz CT molecular complexity index is 553. The Kier molecular flexibility index (Phi) is 6.66. The van der Waals surface area contributed by atoms with Crippen molar-refractivity contribution in [3.8, 4) is 0 Å². The number of carbonyl (C=O) groups excluding carboxylic acids is 1. The zero-order valence-corrected chi connectivity index (χ0v) is 13.2. The highest BCUT2D eigenvalue weighted by atomic mass is 19.3. The molecule has 1 aromatic carbocycles. The van der Waals surface area contributed by atoms with Crippen LogP contribution >= 0.6 is 0 Å². The van der Waals surface area contributed by atoms with E-state index in [1.54, 1.807) is 0 Å². The van der Waals surface area contributed by atoms with E-state index in [9.17, 15) is 18.4 Å². The Morgan fingerprint density at radius 2 is 2.00 bits per heavy atom. The summed E-state index contributed by atoms with van der Waals surface area (Å²) in [5, 5.41) is 9.07. The molecular weight excluding hydrogens is 320 g/mol. The number of hydrogen-bond acceptors (Lipinski definition) is 3. The number of carbonyl (C=O) groups is 2. The maximum atomic E-state index is 13.1. The number of ether oxygens (including phenoxy) is 1. The molecule has 1 aliphatic rings. The zero-order chi connectivity index (χ0) is 17.5. The number of alkyl halides is 2. The molecule has 0 saturated carbocycles. The van der Waals surface area contributed by atoms with Gasteiger partial charge >= 0.3 is 5.97 Å². The molecule has 1 aliphatic heterocycles. The Morgan fingerprint density at radius 1 is 1.29 bits per heavy atom. The number of benzene rings is 1. The molecule has 0 aliphatic carbocycles. The minimum absolute atomic E-state index is 0.0780. The van der Waals surface area contributed by atoms with Crippen molar-refractivity contribution in [1.29, 1.82) is 0 Å². The summed E-state index contributed by atoms with van der Waals surface area (Å²) < 4.78 is 31.4. The summed E-state index contributed by atoms with van der Waals surface area (Å²) in [5.74, 6) is -1.69. The van der Waals surface area contributed by atoms with E-state index in [1.165, 1.54) is 0 Å². The smallest absolute Gasteiger partial charge is 0.326 e. The van der Waals surface area contributed by atoms with Crippen LogP contribution in [-0.4, -0.2) is 53.6 Å². The molecule has 0 bridgehead atoms. The van der Waals surface area contributed by atoms with Crippen LogP contribution in [0.1, 0.15) is 24.8 Å². The van der Waals surface area contributed by atoms with Gasteiger partial charge < -0.3 is 14.7 Å². The van der Waals surface area contributed by atoms with Gasteiger partial charge in [0.05, 0.1) is 13.0 Å². The van der Waals surface area contributed by atoms with E-state index >= 15 is 0 Å². The van der Waals surface area contributed by atoms with Gasteiger partial charge in [0, 0.05) is 6.54 Å². The second kappa shape index (κ2) is 8.73. The predicted octanol–water partition coefficient (Wildman–Crippen LogP) is 2.35. The van der Waals surface area contributed by atoms with Gasteiger partial charge in [-0.05, 0) is 24.8 Å². The van der Waals surface area contributed by atoms with Crippen LogP contribution in [0.25, 0.3) is 0 Å². The lowest BCUT2D eigenvalue weighted by Gasteiger charge is -2.24. The third-order valence-corrected chi connectivity index (χ3v) is 4.08. The third kappa shape index (κ3) is 4.99. The van der Waals surface area contributed by atoms with Crippen LogP contribution in [0.5, 0.6) is 0 Å². The molecule has 1 heterocycles. The van der Waals surface area contributed by atoms with Crippen LogP contribution in [0.4, 0.5) is 8.78 Å². The zero-order valence-electron chi connectivity index (χ0n) is 13.2. The Morgan fingerprint density at radius 3 is 2.62 bits per heavy atom. The molecule has 0 radical (unpaired) electrons. The van der Waals surface area contributed by atoms with Gasteiger partial charge in [-0.2, -0.15) is 0 Å². The van der Waals surface area contributed by atoms with Crippen LogP contribution in [0, 0.1) is 0 Å². The summed E-state index contributed by atoms with van der Waals surface area (Å²) in [6, 6.07) is 8.38. The molecule has 0 spiro atoms. The first kappa shape index (κ1) is 18.3. The van der Waals surface area contributed by atoms with E-state index in [1.807, 2.05) is 30.3 Å². The highest BCUT2D eigenvalue weighted by molar-refractivity contribution is 5.84. The molecule has 1 N–H and O–H groups in total. The summed E-state index contributed by atoms with van der Waals surface area (Å²) in [6.45, 7) is 0.366. The summed E-state index contributed by atoms with van der Waals surface area (Å²) >= 11 is 0. The summed E-state index contributed by atoms with van der Waals surface area (Å²) in [4.78, 5) is 24.4. The first-order valence-corrected chi connectivity index (χ1v) is 7.95. The number of likely N-dealkylation sites (tertiary alicyclic amines) is 1. The number of halogens is 2. The van der Waals surface area contributed by atoms with Crippen LogP contribution in [-0.2, 0) is 20.7 Å². The molecule has 7 heteroatoms. The summed E-state index contributed by atoms with van der Waals surface area (Å²) in [6.07, 6.45) is -3.42. The van der Waals surface area contributed by atoms with Crippen LogP contribution in [0.3, 0.4) is 0 Å². The fourth-order valence-electron chi connectivity index (χ4n) is 2.80. The van der Waals surface area contributed by atoms with Crippen molar-refractivity contribution in [1.82, 2.24) is 4.90 Å². The number of aliphatic carboxylic acids is 1. The monoisotopic (exact) mass is 341 g/mol. The van der Waals surface area contributed by atoms with Crippen LogP contribution in [0.2, 0.25) is 0 Å². The molecule has 1 saturated heterocycles. The van der Waals surface area contributed by atoms with E-state index < -0.39 is 36.9 Å². The van der Waals surface area contributed by atoms with Gasteiger partial charge in [0.2, 0.25) is 5.91 Å². The lowest BCUT2D eigenvalue weighted by Crippen LogP contribution is -2.42. The van der Waals surface area contributed by atoms with Crippen molar-refractivity contribution >= 4 is 11.9 Å². The van der Waals surface area contributed by atoms with Gasteiger partial charge in [-0.1, -0.05) is 30.3 Å². The highest BCUT2D eigenvalue weighted by Gasteiger charge is 2.36. The Labute approximate surface area is 139 Å². The van der Waals surface area contributed by atoms with E-state index in [0.717, 1.165) is 10.5 Å². The van der Waals surface area contributed by atoms with Crippen molar-refractivity contribution in [2.45, 2.75) is 44.3 Å². The number of rotatable bonds is 8. The van der Waals surface area contributed by atoms with E-state index in [0.29, 0.717) is 19.3 Å². The van der Waals surface area contributed by atoms with Gasteiger partial charge in [0.1, 0.15) is 12.1 Å². The molecule has 0 aromatic heterocycles. The molecule has 1 amide bonds.